The highest BCUT2D eigenvalue weighted by Crippen LogP contribution is 2.24. The molecule has 2 aromatic carbocycles. The van der Waals surface area contributed by atoms with E-state index >= 15 is 0 Å². The van der Waals surface area contributed by atoms with Crippen LogP contribution in [0.4, 0.5) is 15.8 Å². The SMILES string of the molecule is COc1ccccc1NC(=O)C(C)SCC(=O)Nc1ccc(F)cc1. The Hall–Kier alpha value is -2.54. The highest BCUT2D eigenvalue weighted by Gasteiger charge is 2.17. The van der Waals surface area contributed by atoms with E-state index in [0.717, 1.165) is 0 Å². The first-order valence-electron chi connectivity index (χ1n) is 7.60. The number of thioether (sulfide) groups is 1. The molecule has 2 amide bonds. The van der Waals surface area contributed by atoms with Gasteiger partial charge in [-0.2, -0.15) is 0 Å². The number of benzene rings is 2. The fraction of sp³-hybridized carbons (Fsp3) is 0.222. The van der Waals surface area contributed by atoms with Gasteiger partial charge in [0.25, 0.3) is 0 Å². The highest BCUT2D eigenvalue weighted by atomic mass is 32.2. The number of methoxy groups -OCH3 is 1. The summed E-state index contributed by atoms with van der Waals surface area (Å²) in [5.41, 5.74) is 1.09. The molecule has 0 aromatic heterocycles. The molecule has 0 radical (unpaired) electrons. The number of rotatable bonds is 7. The van der Waals surface area contributed by atoms with Gasteiger partial charge in [-0.1, -0.05) is 12.1 Å². The van der Waals surface area contributed by atoms with E-state index in [4.69, 9.17) is 4.74 Å². The Morgan fingerprint density at radius 3 is 2.48 bits per heavy atom. The van der Waals surface area contributed by atoms with Crippen LogP contribution in [0.3, 0.4) is 0 Å². The van der Waals surface area contributed by atoms with Crippen molar-refractivity contribution in [2.24, 2.45) is 0 Å². The molecule has 0 spiro atoms. The van der Waals surface area contributed by atoms with Crippen molar-refractivity contribution in [1.82, 2.24) is 0 Å². The molecular weight excluding hydrogens is 343 g/mol. The van der Waals surface area contributed by atoms with Gasteiger partial charge in [-0.05, 0) is 43.3 Å². The molecular formula is C18H19FN2O3S. The van der Waals surface area contributed by atoms with Gasteiger partial charge in [0.05, 0.1) is 23.8 Å². The molecule has 0 aliphatic carbocycles. The topological polar surface area (TPSA) is 67.4 Å². The fourth-order valence-electron chi connectivity index (χ4n) is 1.99. The molecule has 7 heteroatoms. The van der Waals surface area contributed by atoms with Gasteiger partial charge in [0.2, 0.25) is 11.8 Å². The number of hydrogen-bond acceptors (Lipinski definition) is 4. The number of ether oxygens (including phenoxy) is 1. The predicted molar refractivity (Wildman–Crippen MR) is 98.6 cm³/mol. The van der Waals surface area contributed by atoms with Crippen LogP contribution >= 0.6 is 11.8 Å². The van der Waals surface area contributed by atoms with Gasteiger partial charge < -0.3 is 15.4 Å². The Morgan fingerprint density at radius 2 is 1.80 bits per heavy atom. The van der Waals surface area contributed by atoms with E-state index in [1.54, 1.807) is 25.1 Å². The third-order valence-corrected chi connectivity index (χ3v) is 4.47. The first-order chi connectivity index (χ1) is 12.0. The van der Waals surface area contributed by atoms with Gasteiger partial charge in [0.1, 0.15) is 11.6 Å². The summed E-state index contributed by atoms with van der Waals surface area (Å²) in [4.78, 5) is 24.1. The molecule has 0 fully saturated rings. The lowest BCUT2D eigenvalue weighted by molar-refractivity contribution is -0.115. The average molecular weight is 362 g/mol. The molecule has 2 N–H and O–H groups in total. The van der Waals surface area contributed by atoms with Gasteiger partial charge in [0, 0.05) is 5.69 Å². The highest BCUT2D eigenvalue weighted by molar-refractivity contribution is 8.01. The lowest BCUT2D eigenvalue weighted by atomic mass is 10.3. The van der Waals surface area contributed by atoms with Gasteiger partial charge in [-0.25, -0.2) is 4.39 Å². The van der Waals surface area contributed by atoms with E-state index in [-0.39, 0.29) is 23.4 Å². The fourth-order valence-corrected chi connectivity index (χ4v) is 2.67. The number of carbonyl (C=O) groups is 2. The summed E-state index contributed by atoms with van der Waals surface area (Å²) in [6.45, 7) is 1.72. The molecule has 0 aliphatic rings. The van der Waals surface area contributed by atoms with Crippen LogP contribution in [-0.4, -0.2) is 29.9 Å². The van der Waals surface area contributed by atoms with E-state index in [1.807, 2.05) is 6.07 Å². The first kappa shape index (κ1) is 18.8. The van der Waals surface area contributed by atoms with Crippen molar-refractivity contribution in [1.29, 1.82) is 0 Å². The monoisotopic (exact) mass is 362 g/mol. The molecule has 0 saturated heterocycles. The molecule has 0 heterocycles. The predicted octanol–water partition coefficient (Wildman–Crippen LogP) is 3.53. The maximum Gasteiger partial charge on any atom is 0.237 e. The molecule has 132 valence electrons. The maximum atomic E-state index is 12.8. The summed E-state index contributed by atoms with van der Waals surface area (Å²) in [6, 6.07) is 12.6. The van der Waals surface area contributed by atoms with Crippen LogP contribution in [0.15, 0.2) is 48.5 Å². The van der Waals surface area contributed by atoms with Crippen LogP contribution in [0.5, 0.6) is 5.75 Å². The van der Waals surface area contributed by atoms with Crippen LogP contribution in [-0.2, 0) is 9.59 Å². The first-order valence-corrected chi connectivity index (χ1v) is 8.65. The molecule has 1 atom stereocenters. The van der Waals surface area contributed by atoms with Crippen molar-refractivity contribution < 1.29 is 18.7 Å². The van der Waals surface area contributed by atoms with Crippen molar-refractivity contribution in [3.8, 4) is 5.75 Å². The van der Waals surface area contributed by atoms with E-state index in [0.29, 0.717) is 17.1 Å². The standard InChI is InChI=1S/C18H19FN2O3S/c1-12(18(23)21-15-5-3-4-6-16(15)24-2)25-11-17(22)20-14-9-7-13(19)8-10-14/h3-10,12H,11H2,1-2H3,(H,20,22)(H,21,23). The van der Waals surface area contributed by atoms with Crippen molar-refractivity contribution in [2.45, 2.75) is 12.2 Å². The second kappa shape index (κ2) is 9.08. The summed E-state index contributed by atoms with van der Waals surface area (Å²) in [7, 11) is 1.53. The second-order valence-electron chi connectivity index (χ2n) is 5.20. The molecule has 5 nitrogen and oxygen atoms in total. The van der Waals surface area contributed by atoms with E-state index in [1.165, 1.54) is 43.1 Å². The van der Waals surface area contributed by atoms with Crippen LogP contribution in [0.25, 0.3) is 0 Å². The zero-order chi connectivity index (χ0) is 18.2. The molecule has 0 saturated carbocycles. The number of carbonyl (C=O) groups excluding carboxylic acids is 2. The Labute approximate surface area is 150 Å². The Bertz CT molecular complexity index is 737. The van der Waals surface area contributed by atoms with Crippen LogP contribution in [0, 0.1) is 5.82 Å². The zero-order valence-corrected chi connectivity index (χ0v) is 14.7. The second-order valence-corrected chi connectivity index (χ2v) is 6.53. The Morgan fingerprint density at radius 1 is 1.12 bits per heavy atom. The lowest BCUT2D eigenvalue weighted by Crippen LogP contribution is -2.25. The zero-order valence-electron chi connectivity index (χ0n) is 13.9. The van der Waals surface area contributed by atoms with Crippen LogP contribution in [0.2, 0.25) is 0 Å². The summed E-state index contributed by atoms with van der Waals surface area (Å²) in [5, 5.41) is 5.01. The van der Waals surface area contributed by atoms with Gasteiger partial charge >= 0.3 is 0 Å². The third-order valence-electron chi connectivity index (χ3n) is 3.33. The number of amides is 2. The third kappa shape index (κ3) is 5.79. The Balaban J connectivity index is 1.82. The average Bonchev–Trinajstić information content (AvgIpc) is 2.62. The summed E-state index contributed by atoms with van der Waals surface area (Å²) < 4.78 is 18.0. The maximum absolute atomic E-state index is 12.8. The number of para-hydroxylation sites is 2. The van der Waals surface area contributed by atoms with Crippen molar-refractivity contribution in [3.05, 3.63) is 54.3 Å². The van der Waals surface area contributed by atoms with Crippen LogP contribution < -0.4 is 15.4 Å². The van der Waals surface area contributed by atoms with Gasteiger partial charge in [-0.15, -0.1) is 11.8 Å². The molecule has 0 aliphatic heterocycles. The largest absolute Gasteiger partial charge is 0.495 e. The molecule has 25 heavy (non-hydrogen) atoms. The number of anilines is 2. The van der Waals surface area contributed by atoms with E-state index in [9.17, 15) is 14.0 Å². The van der Waals surface area contributed by atoms with Crippen molar-refractivity contribution in [3.63, 3.8) is 0 Å². The smallest absolute Gasteiger partial charge is 0.237 e. The minimum atomic E-state index is -0.427. The van der Waals surface area contributed by atoms with Gasteiger partial charge in [-0.3, -0.25) is 9.59 Å². The van der Waals surface area contributed by atoms with Crippen molar-refractivity contribution in [2.75, 3.05) is 23.5 Å². The molecule has 0 bridgehead atoms. The molecule has 2 aromatic rings. The number of halogens is 1. The molecule has 1 unspecified atom stereocenters. The minimum Gasteiger partial charge on any atom is -0.495 e. The Kier molecular flexibility index (Phi) is 6.82. The number of hydrogen-bond donors (Lipinski definition) is 2. The normalized spacial score (nSPS) is 11.5. The molecule has 2 rings (SSSR count). The minimum absolute atomic E-state index is 0.109. The number of nitrogens with one attached hydrogen (secondary N) is 2. The summed E-state index contributed by atoms with van der Waals surface area (Å²) in [6.07, 6.45) is 0. The van der Waals surface area contributed by atoms with Crippen LogP contribution in [0.1, 0.15) is 6.92 Å². The van der Waals surface area contributed by atoms with Crippen molar-refractivity contribution >= 4 is 35.0 Å². The summed E-state index contributed by atoms with van der Waals surface area (Å²) >= 11 is 1.21. The van der Waals surface area contributed by atoms with Gasteiger partial charge in [0.15, 0.2) is 0 Å². The summed E-state index contributed by atoms with van der Waals surface area (Å²) in [5.74, 6) is -0.161. The quantitative estimate of drug-likeness (QED) is 0.791. The van der Waals surface area contributed by atoms with E-state index in [2.05, 4.69) is 10.6 Å². The van der Waals surface area contributed by atoms with E-state index < -0.39 is 5.25 Å². The lowest BCUT2D eigenvalue weighted by Gasteiger charge is -2.14.